The highest BCUT2D eigenvalue weighted by Crippen LogP contribution is 2.23. The van der Waals surface area contributed by atoms with Crippen LogP contribution in [0, 0.1) is 18.6 Å². The third kappa shape index (κ3) is 4.26. The first-order chi connectivity index (χ1) is 10.9. The number of nitrogens with zero attached hydrogens (tertiary/aromatic N) is 2. The van der Waals surface area contributed by atoms with Crippen molar-refractivity contribution >= 4 is 11.9 Å². The number of anilines is 1. The van der Waals surface area contributed by atoms with Crippen molar-refractivity contribution in [3.05, 3.63) is 47.2 Å². The first-order valence-corrected chi connectivity index (χ1v) is 6.97. The molecule has 0 aliphatic carbocycles. The minimum Gasteiger partial charge on any atom is -0.338 e. The molecule has 0 saturated heterocycles. The molecular formula is C15H18F2N4O2. The van der Waals surface area contributed by atoms with Gasteiger partial charge in [-0.15, -0.1) is 0 Å². The van der Waals surface area contributed by atoms with E-state index in [9.17, 15) is 13.6 Å². The van der Waals surface area contributed by atoms with Crippen molar-refractivity contribution in [1.82, 2.24) is 15.4 Å². The number of carbonyl (C=O) groups excluding carboxylic acids is 1. The van der Waals surface area contributed by atoms with Crippen molar-refractivity contribution in [1.29, 1.82) is 0 Å². The summed E-state index contributed by atoms with van der Waals surface area (Å²) in [6.45, 7) is 1.74. The topological polar surface area (TPSA) is 70.4 Å². The smallest absolute Gasteiger partial charge is 0.321 e. The number of rotatable bonds is 5. The first kappa shape index (κ1) is 16.9. The Bertz CT molecular complexity index is 668. The lowest BCUT2D eigenvalue weighted by Crippen LogP contribution is -2.37. The maximum Gasteiger partial charge on any atom is 0.321 e. The molecule has 6 nitrogen and oxygen atoms in total. The zero-order valence-corrected chi connectivity index (χ0v) is 13.1. The van der Waals surface area contributed by atoms with Gasteiger partial charge in [-0.25, -0.2) is 13.6 Å². The van der Waals surface area contributed by atoms with Gasteiger partial charge < -0.3 is 14.7 Å². The first-order valence-electron chi connectivity index (χ1n) is 6.97. The van der Waals surface area contributed by atoms with Crippen LogP contribution in [0.4, 0.5) is 19.5 Å². The van der Waals surface area contributed by atoms with Gasteiger partial charge in [0.15, 0.2) is 0 Å². The second-order valence-corrected chi connectivity index (χ2v) is 5.28. The molecule has 2 rings (SSSR count). The zero-order chi connectivity index (χ0) is 17.0. The van der Waals surface area contributed by atoms with Gasteiger partial charge in [-0.05, 0) is 33.2 Å². The van der Waals surface area contributed by atoms with Crippen LogP contribution in [0.3, 0.4) is 0 Å². The largest absolute Gasteiger partial charge is 0.338 e. The van der Waals surface area contributed by atoms with Crippen LogP contribution < -0.4 is 10.6 Å². The van der Waals surface area contributed by atoms with Crippen molar-refractivity contribution in [2.24, 2.45) is 0 Å². The van der Waals surface area contributed by atoms with Crippen molar-refractivity contribution in [3.8, 4) is 0 Å². The Balaban J connectivity index is 2.04. The molecule has 2 N–H and O–H groups in total. The number of benzene rings is 1. The van der Waals surface area contributed by atoms with E-state index in [1.807, 2.05) is 0 Å². The minimum atomic E-state index is -0.656. The average Bonchev–Trinajstić information content (AvgIpc) is 2.86. The number of hydrogen-bond acceptors (Lipinski definition) is 4. The highest BCUT2D eigenvalue weighted by molar-refractivity contribution is 5.87. The monoisotopic (exact) mass is 324 g/mol. The van der Waals surface area contributed by atoms with Gasteiger partial charge in [-0.2, -0.15) is 0 Å². The highest BCUT2D eigenvalue weighted by Gasteiger charge is 2.22. The van der Waals surface area contributed by atoms with Crippen molar-refractivity contribution in [3.63, 3.8) is 0 Å². The van der Waals surface area contributed by atoms with Crippen LogP contribution in [0.1, 0.15) is 17.3 Å². The maximum absolute atomic E-state index is 13.9. The van der Waals surface area contributed by atoms with Crippen molar-refractivity contribution in [2.75, 3.05) is 26.0 Å². The Labute approximate surface area is 132 Å². The molecule has 2 aromatic rings. The van der Waals surface area contributed by atoms with E-state index in [2.05, 4.69) is 15.8 Å². The lowest BCUT2D eigenvalue weighted by molar-refractivity contribution is 0.240. The molecule has 1 aromatic heterocycles. The molecule has 1 heterocycles. The molecule has 8 heteroatoms. The summed E-state index contributed by atoms with van der Waals surface area (Å²) in [6, 6.07) is 4.02. The summed E-state index contributed by atoms with van der Waals surface area (Å²) < 4.78 is 32.7. The fourth-order valence-electron chi connectivity index (χ4n) is 2.14. The molecule has 23 heavy (non-hydrogen) atoms. The van der Waals surface area contributed by atoms with Gasteiger partial charge in [0.2, 0.25) is 5.88 Å². The van der Waals surface area contributed by atoms with E-state index in [0.29, 0.717) is 5.69 Å². The van der Waals surface area contributed by atoms with Crippen LogP contribution in [0.5, 0.6) is 0 Å². The molecule has 0 fully saturated rings. The quantitative estimate of drug-likeness (QED) is 0.887. The number of halogens is 2. The Morgan fingerprint density at radius 3 is 2.52 bits per heavy atom. The van der Waals surface area contributed by atoms with Gasteiger partial charge in [0, 0.05) is 18.2 Å². The number of carbonyl (C=O) groups is 1. The summed E-state index contributed by atoms with van der Waals surface area (Å²) in [5, 5.41) is 8.65. The van der Waals surface area contributed by atoms with Crippen LogP contribution >= 0.6 is 0 Å². The number of aromatic nitrogens is 1. The molecule has 1 aromatic carbocycles. The standard InChI is InChI=1S/C15H18F2N4O2/c1-9-7-13(23-20-9)19-15(22)18-8-12(21(2)3)14-10(16)5-4-6-11(14)17/h4-7,12H,8H2,1-3H3,(H2,18,19,22). The number of urea groups is 1. The van der Waals surface area contributed by atoms with Crippen molar-refractivity contribution in [2.45, 2.75) is 13.0 Å². The zero-order valence-electron chi connectivity index (χ0n) is 13.1. The SMILES string of the molecule is Cc1cc(NC(=O)NCC(c2c(F)cccc2F)N(C)C)on1. The van der Waals surface area contributed by atoms with Crippen LogP contribution in [-0.4, -0.2) is 36.7 Å². The number of nitrogens with one attached hydrogen (secondary N) is 2. The molecule has 0 radical (unpaired) electrons. The normalized spacial score (nSPS) is 12.3. The van der Waals surface area contributed by atoms with Gasteiger partial charge >= 0.3 is 6.03 Å². The Kier molecular flexibility index (Phi) is 5.28. The minimum absolute atomic E-state index is 0.0177. The third-order valence-electron chi connectivity index (χ3n) is 3.28. The number of hydrogen-bond donors (Lipinski definition) is 2. The predicted octanol–water partition coefficient (Wildman–Crippen LogP) is 2.69. The van der Waals surface area contributed by atoms with Crippen LogP contribution in [-0.2, 0) is 0 Å². The van der Waals surface area contributed by atoms with E-state index in [1.165, 1.54) is 18.2 Å². The Morgan fingerprint density at radius 2 is 2.00 bits per heavy atom. The fourth-order valence-corrected chi connectivity index (χ4v) is 2.14. The molecule has 0 saturated carbocycles. The summed E-state index contributed by atoms with van der Waals surface area (Å²) in [5.41, 5.74) is 0.535. The van der Waals surface area contributed by atoms with E-state index in [1.54, 1.807) is 32.0 Å². The number of likely N-dealkylation sites (N-methyl/N-ethyl adjacent to an activating group) is 1. The van der Waals surface area contributed by atoms with E-state index in [-0.39, 0.29) is 18.0 Å². The Hall–Kier alpha value is -2.48. The average molecular weight is 324 g/mol. The maximum atomic E-state index is 13.9. The molecule has 2 amide bonds. The molecule has 0 spiro atoms. The van der Waals surface area contributed by atoms with E-state index < -0.39 is 23.7 Å². The van der Waals surface area contributed by atoms with E-state index in [0.717, 1.165) is 0 Å². The highest BCUT2D eigenvalue weighted by atomic mass is 19.1. The predicted molar refractivity (Wildman–Crippen MR) is 81.0 cm³/mol. The van der Waals surface area contributed by atoms with Gasteiger partial charge in [0.05, 0.1) is 11.7 Å². The van der Waals surface area contributed by atoms with Crippen LogP contribution in [0.2, 0.25) is 0 Å². The lowest BCUT2D eigenvalue weighted by atomic mass is 10.0. The third-order valence-corrected chi connectivity index (χ3v) is 3.28. The van der Waals surface area contributed by atoms with Gasteiger partial charge in [-0.3, -0.25) is 5.32 Å². The fraction of sp³-hybridized carbons (Fsp3) is 0.333. The van der Waals surface area contributed by atoms with Crippen LogP contribution in [0.15, 0.2) is 28.8 Å². The van der Waals surface area contributed by atoms with Crippen molar-refractivity contribution < 1.29 is 18.1 Å². The summed E-state index contributed by atoms with van der Waals surface area (Å²) >= 11 is 0. The summed E-state index contributed by atoms with van der Waals surface area (Å²) in [6.07, 6.45) is 0. The molecular weight excluding hydrogens is 306 g/mol. The summed E-state index contributed by atoms with van der Waals surface area (Å²) in [7, 11) is 3.35. The molecule has 1 unspecified atom stereocenters. The van der Waals surface area contributed by atoms with Gasteiger partial charge in [0.1, 0.15) is 11.6 Å². The summed E-state index contributed by atoms with van der Waals surface area (Å²) in [4.78, 5) is 13.5. The second-order valence-electron chi connectivity index (χ2n) is 5.28. The molecule has 0 aliphatic rings. The second kappa shape index (κ2) is 7.19. The van der Waals surface area contributed by atoms with E-state index >= 15 is 0 Å². The Morgan fingerprint density at radius 1 is 1.35 bits per heavy atom. The molecule has 124 valence electrons. The molecule has 0 aliphatic heterocycles. The molecule has 1 atom stereocenters. The number of amides is 2. The van der Waals surface area contributed by atoms with Crippen LogP contribution in [0.25, 0.3) is 0 Å². The number of aryl methyl sites for hydroxylation is 1. The molecule has 0 bridgehead atoms. The van der Waals surface area contributed by atoms with Gasteiger partial charge in [-0.1, -0.05) is 11.2 Å². The van der Waals surface area contributed by atoms with Gasteiger partial charge in [0.25, 0.3) is 0 Å². The summed E-state index contributed by atoms with van der Waals surface area (Å²) in [5.74, 6) is -1.12. The lowest BCUT2D eigenvalue weighted by Gasteiger charge is -2.25. The van der Waals surface area contributed by atoms with E-state index in [4.69, 9.17) is 4.52 Å².